The predicted molar refractivity (Wildman–Crippen MR) is 126 cm³/mol. The summed E-state index contributed by atoms with van der Waals surface area (Å²) >= 11 is 0. The van der Waals surface area contributed by atoms with Crippen molar-refractivity contribution in [2.75, 3.05) is 18.5 Å². The van der Waals surface area contributed by atoms with Crippen molar-refractivity contribution in [2.24, 2.45) is 5.41 Å². The first-order valence-corrected chi connectivity index (χ1v) is 11.7. The fourth-order valence-corrected chi connectivity index (χ4v) is 4.67. The van der Waals surface area contributed by atoms with Gasteiger partial charge in [-0.2, -0.15) is 4.98 Å². The van der Waals surface area contributed by atoms with Crippen molar-refractivity contribution >= 4 is 22.5 Å². The second kappa shape index (κ2) is 7.95. The lowest BCUT2D eigenvalue weighted by Gasteiger charge is -2.34. The molecule has 0 unspecified atom stereocenters. The molecule has 1 aromatic carbocycles. The molecular weight excluding hydrogens is 416 g/mol. The minimum Gasteiger partial charge on any atom is -0.468 e. The number of fused-ring (bicyclic) bond motifs is 2. The van der Waals surface area contributed by atoms with Gasteiger partial charge in [-0.3, -0.25) is 9.97 Å². The Labute approximate surface area is 192 Å². The van der Waals surface area contributed by atoms with Gasteiger partial charge in [0.05, 0.1) is 24.2 Å². The average molecular weight is 445 g/mol. The Kier molecular flexibility index (Phi) is 4.90. The summed E-state index contributed by atoms with van der Waals surface area (Å²) in [5.74, 6) is 1.19. The van der Waals surface area contributed by atoms with Gasteiger partial charge in [0.25, 0.3) is 0 Å². The Morgan fingerprint density at radius 2 is 1.85 bits per heavy atom. The molecule has 1 aliphatic carbocycles. The molecule has 1 saturated carbocycles. The van der Waals surface area contributed by atoms with Gasteiger partial charge in [-0.1, -0.05) is 19.9 Å². The van der Waals surface area contributed by atoms with Gasteiger partial charge in [-0.05, 0) is 54.9 Å². The standard InChI is InChI=1S/C25H28N6O2/c1-25(2)8-5-17(6-9-25)28-24-29-23(33-18-14-32-15-18)22-19(7-12-31(22)30-24)16-3-4-20-21(13-16)27-11-10-26-20/h3-4,7,10-13,17-18H,5-6,8-9,14-15H2,1-2H3,(H,28,30). The maximum atomic E-state index is 6.27. The van der Waals surface area contributed by atoms with Crippen molar-refractivity contribution in [3.63, 3.8) is 0 Å². The van der Waals surface area contributed by atoms with E-state index in [1.165, 1.54) is 12.8 Å². The van der Waals surface area contributed by atoms with Crippen LogP contribution < -0.4 is 10.1 Å². The van der Waals surface area contributed by atoms with Crippen molar-refractivity contribution in [3.05, 3.63) is 42.9 Å². The van der Waals surface area contributed by atoms with Crippen molar-refractivity contribution in [2.45, 2.75) is 51.7 Å². The minimum atomic E-state index is 0.0113. The molecule has 4 aromatic rings. The van der Waals surface area contributed by atoms with Gasteiger partial charge in [0.2, 0.25) is 11.8 Å². The highest BCUT2D eigenvalue weighted by Crippen LogP contribution is 2.37. The minimum absolute atomic E-state index is 0.0113. The molecule has 3 aromatic heterocycles. The Balaban J connectivity index is 1.38. The van der Waals surface area contributed by atoms with Crippen molar-refractivity contribution in [1.29, 1.82) is 0 Å². The Morgan fingerprint density at radius 1 is 1.06 bits per heavy atom. The number of ether oxygens (including phenoxy) is 2. The van der Waals surface area contributed by atoms with Crippen LogP contribution in [0.1, 0.15) is 39.5 Å². The van der Waals surface area contributed by atoms with Crippen LogP contribution in [0.2, 0.25) is 0 Å². The average Bonchev–Trinajstić information content (AvgIpc) is 3.21. The monoisotopic (exact) mass is 444 g/mol. The molecule has 0 spiro atoms. The quantitative estimate of drug-likeness (QED) is 0.485. The molecule has 1 N–H and O–H groups in total. The maximum Gasteiger partial charge on any atom is 0.244 e. The van der Waals surface area contributed by atoms with Crippen LogP contribution in [0.15, 0.2) is 42.9 Å². The first-order chi connectivity index (χ1) is 16.0. The van der Waals surface area contributed by atoms with Gasteiger partial charge in [0, 0.05) is 30.2 Å². The summed E-state index contributed by atoms with van der Waals surface area (Å²) in [7, 11) is 0. The summed E-state index contributed by atoms with van der Waals surface area (Å²) in [5, 5.41) is 8.34. The molecule has 8 heteroatoms. The number of hydrogen-bond acceptors (Lipinski definition) is 7. The highest BCUT2D eigenvalue weighted by Gasteiger charge is 2.28. The topological polar surface area (TPSA) is 86.5 Å². The number of nitrogens with zero attached hydrogens (tertiary/aromatic N) is 5. The fraction of sp³-hybridized carbons (Fsp3) is 0.440. The fourth-order valence-electron chi connectivity index (χ4n) is 4.67. The summed E-state index contributed by atoms with van der Waals surface area (Å²) in [6.07, 6.45) is 10.0. The van der Waals surface area contributed by atoms with Crippen molar-refractivity contribution in [1.82, 2.24) is 24.6 Å². The summed E-state index contributed by atoms with van der Waals surface area (Å²) in [6, 6.07) is 8.52. The zero-order valence-electron chi connectivity index (χ0n) is 19.0. The van der Waals surface area contributed by atoms with Crippen LogP contribution >= 0.6 is 0 Å². The van der Waals surface area contributed by atoms with Crippen molar-refractivity contribution < 1.29 is 9.47 Å². The van der Waals surface area contributed by atoms with E-state index in [2.05, 4.69) is 41.3 Å². The Bertz CT molecular complexity index is 1300. The molecule has 6 rings (SSSR count). The second-order valence-corrected chi connectivity index (χ2v) is 9.88. The van der Waals surface area contributed by atoms with Crippen LogP contribution in [-0.4, -0.2) is 49.9 Å². The molecule has 170 valence electrons. The van der Waals surface area contributed by atoms with Gasteiger partial charge in [0.15, 0.2) is 0 Å². The number of aromatic nitrogens is 5. The Hall–Kier alpha value is -3.26. The molecule has 1 saturated heterocycles. The normalized spacial score (nSPS) is 19.0. The van der Waals surface area contributed by atoms with E-state index < -0.39 is 0 Å². The molecule has 8 nitrogen and oxygen atoms in total. The largest absolute Gasteiger partial charge is 0.468 e. The number of anilines is 1. The van der Waals surface area contributed by atoms with Crippen LogP contribution in [0.3, 0.4) is 0 Å². The SMILES string of the molecule is CC1(C)CCC(Nc2nc(OC3COC3)c3c(-c4ccc5nccnc5c4)ccn3n2)CC1. The highest BCUT2D eigenvalue weighted by molar-refractivity contribution is 5.89. The summed E-state index contributed by atoms with van der Waals surface area (Å²) in [5.41, 5.74) is 5.01. The van der Waals surface area contributed by atoms with E-state index in [1.54, 1.807) is 12.4 Å². The van der Waals surface area contributed by atoms with Gasteiger partial charge in [0.1, 0.15) is 11.6 Å². The van der Waals surface area contributed by atoms with Gasteiger partial charge in [-0.15, -0.1) is 5.10 Å². The van der Waals surface area contributed by atoms with E-state index in [4.69, 9.17) is 19.6 Å². The van der Waals surface area contributed by atoms with E-state index >= 15 is 0 Å². The van der Waals surface area contributed by atoms with E-state index in [0.717, 1.165) is 40.5 Å². The van der Waals surface area contributed by atoms with Gasteiger partial charge >= 0.3 is 0 Å². The lowest BCUT2D eigenvalue weighted by atomic mass is 9.76. The van der Waals surface area contributed by atoms with Crippen LogP contribution in [0.25, 0.3) is 27.7 Å². The lowest BCUT2D eigenvalue weighted by Crippen LogP contribution is -2.39. The molecule has 2 aliphatic rings. The summed E-state index contributed by atoms with van der Waals surface area (Å²) < 4.78 is 13.5. The third kappa shape index (κ3) is 3.99. The van der Waals surface area contributed by atoms with Crippen LogP contribution in [0.4, 0.5) is 5.95 Å². The van der Waals surface area contributed by atoms with Gasteiger partial charge in [-0.25, -0.2) is 4.52 Å². The number of nitrogens with one attached hydrogen (secondary N) is 1. The van der Waals surface area contributed by atoms with E-state index in [0.29, 0.717) is 36.5 Å². The predicted octanol–water partition coefficient (Wildman–Crippen LogP) is 4.50. The van der Waals surface area contributed by atoms with E-state index in [1.807, 2.05) is 22.8 Å². The van der Waals surface area contributed by atoms with Gasteiger partial charge < -0.3 is 14.8 Å². The zero-order chi connectivity index (χ0) is 22.4. The maximum absolute atomic E-state index is 6.27. The molecule has 0 atom stereocenters. The summed E-state index contributed by atoms with van der Waals surface area (Å²) in [6.45, 7) is 5.85. The first kappa shape index (κ1) is 20.4. The van der Waals surface area contributed by atoms with Crippen LogP contribution in [0, 0.1) is 5.41 Å². The molecule has 1 aliphatic heterocycles. The highest BCUT2D eigenvalue weighted by atomic mass is 16.6. The molecule has 0 radical (unpaired) electrons. The lowest BCUT2D eigenvalue weighted by molar-refractivity contribution is -0.0808. The molecular formula is C25H28N6O2. The molecule has 4 heterocycles. The number of hydrogen-bond donors (Lipinski definition) is 1. The van der Waals surface area contributed by atoms with Crippen LogP contribution in [-0.2, 0) is 4.74 Å². The third-order valence-corrected chi connectivity index (χ3v) is 6.82. The molecule has 33 heavy (non-hydrogen) atoms. The molecule has 0 bridgehead atoms. The van der Waals surface area contributed by atoms with E-state index in [-0.39, 0.29) is 6.10 Å². The van der Waals surface area contributed by atoms with E-state index in [9.17, 15) is 0 Å². The number of benzene rings is 1. The first-order valence-electron chi connectivity index (χ1n) is 11.7. The van der Waals surface area contributed by atoms with Crippen molar-refractivity contribution in [3.8, 4) is 17.0 Å². The molecule has 2 fully saturated rings. The third-order valence-electron chi connectivity index (χ3n) is 6.82. The smallest absolute Gasteiger partial charge is 0.244 e. The zero-order valence-corrected chi connectivity index (χ0v) is 19.0. The Morgan fingerprint density at radius 3 is 2.61 bits per heavy atom. The summed E-state index contributed by atoms with van der Waals surface area (Å²) in [4.78, 5) is 13.7. The second-order valence-electron chi connectivity index (χ2n) is 9.88. The number of rotatable bonds is 5. The van der Waals surface area contributed by atoms with Crippen LogP contribution in [0.5, 0.6) is 5.88 Å². The molecule has 0 amide bonds.